The predicted molar refractivity (Wildman–Crippen MR) is 94.7 cm³/mol. The highest BCUT2D eigenvalue weighted by atomic mass is 16.6. The third-order valence-electron chi connectivity index (χ3n) is 4.97. The van der Waals surface area contributed by atoms with E-state index in [-0.39, 0.29) is 23.7 Å². The fourth-order valence-corrected chi connectivity index (χ4v) is 3.72. The molecular formula is C19H18N3O4+. The van der Waals surface area contributed by atoms with Gasteiger partial charge in [-0.15, -0.1) is 0 Å². The number of benzene rings is 2. The Morgan fingerprint density at radius 3 is 2.65 bits per heavy atom. The molecule has 1 aliphatic rings. The standard InChI is InChI=1S/C19H17N3O4/c1-26-19(23)16-10-14-13-4-2-3-5-15(13)20-18(14)17(21-16)11-6-8-12(9-7-11)22(24)25/h2-9,16-17,20-21H,10H2,1H3/p+1/t16-,17-/m0/s1. The summed E-state index contributed by atoms with van der Waals surface area (Å²) in [6.07, 6.45) is 0.579. The van der Waals surface area contributed by atoms with Gasteiger partial charge in [0.2, 0.25) is 0 Å². The maximum Gasteiger partial charge on any atom is 0.364 e. The van der Waals surface area contributed by atoms with Crippen LogP contribution in [0, 0.1) is 10.1 Å². The fourth-order valence-electron chi connectivity index (χ4n) is 3.72. The molecule has 1 aliphatic heterocycles. The number of nitrogens with zero attached hydrogens (tertiary/aromatic N) is 1. The first-order chi connectivity index (χ1) is 12.6. The highest BCUT2D eigenvalue weighted by Crippen LogP contribution is 2.32. The molecule has 2 heterocycles. The van der Waals surface area contributed by atoms with E-state index >= 15 is 0 Å². The monoisotopic (exact) mass is 352 g/mol. The average Bonchev–Trinajstić information content (AvgIpc) is 3.05. The average molecular weight is 352 g/mol. The molecule has 2 atom stereocenters. The number of hydrogen-bond acceptors (Lipinski definition) is 4. The fraction of sp³-hybridized carbons (Fsp3) is 0.211. The third-order valence-corrected chi connectivity index (χ3v) is 4.97. The van der Waals surface area contributed by atoms with Gasteiger partial charge in [-0.1, -0.05) is 18.2 Å². The molecule has 7 nitrogen and oxygen atoms in total. The van der Waals surface area contributed by atoms with Crippen LogP contribution in [-0.4, -0.2) is 29.0 Å². The summed E-state index contributed by atoms with van der Waals surface area (Å²) in [5, 5.41) is 14.0. The summed E-state index contributed by atoms with van der Waals surface area (Å²) in [4.78, 5) is 26.2. The summed E-state index contributed by atoms with van der Waals surface area (Å²) in [6.45, 7) is 0. The maximum absolute atomic E-state index is 12.2. The Labute approximate surface area is 149 Å². The van der Waals surface area contributed by atoms with Crippen molar-refractivity contribution in [3.05, 3.63) is 75.5 Å². The van der Waals surface area contributed by atoms with Crippen LogP contribution < -0.4 is 5.32 Å². The molecule has 1 aromatic heterocycles. The number of H-pyrrole nitrogens is 1. The van der Waals surface area contributed by atoms with E-state index < -0.39 is 4.92 Å². The minimum absolute atomic E-state index is 0.0472. The molecule has 7 heteroatoms. The summed E-state index contributed by atoms with van der Waals surface area (Å²) in [6, 6.07) is 14.0. The van der Waals surface area contributed by atoms with Crippen molar-refractivity contribution in [1.82, 2.24) is 4.98 Å². The van der Waals surface area contributed by atoms with Crippen molar-refractivity contribution in [1.29, 1.82) is 0 Å². The molecule has 3 aromatic rings. The number of nitro benzene ring substituents is 1. The van der Waals surface area contributed by atoms with Gasteiger partial charge in [0.25, 0.3) is 5.69 Å². The number of quaternary nitrogens is 1. The van der Waals surface area contributed by atoms with E-state index in [1.54, 1.807) is 12.1 Å². The van der Waals surface area contributed by atoms with E-state index in [9.17, 15) is 14.9 Å². The minimum atomic E-state index is -0.417. The van der Waals surface area contributed by atoms with Gasteiger partial charge in [-0.25, -0.2) is 4.79 Å². The number of rotatable bonds is 3. The zero-order valence-electron chi connectivity index (χ0n) is 14.1. The van der Waals surface area contributed by atoms with Crippen LogP contribution in [-0.2, 0) is 16.0 Å². The molecule has 0 bridgehead atoms. The van der Waals surface area contributed by atoms with Crippen molar-refractivity contribution in [2.75, 3.05) is 7.11 Å². The van der Waals surface area contributed by atoms with Crippen LogP contribution in [0.25, 0.3) is 10.9 Å². The van der Waals surface area contributed by atoms with E-state index in [1.807, 2.05) is 29.6 Å². The highest BCUT2D eigenvalue weighted by molar-refractivity contribution is 5.86. The smallest absolute Gasteiger partial charge is 0.364 e. The Morgan fingerprint density at radius 2 is 1.96 bits per heavy atom. The molecule has 0 amide bonds. The van der Waals surface area contributed by atoms with Crippen LogP contribution in [0.1, 0.15) is 22.9 Å². The van der Waals surface area contributed by atoms with Gasteiger partial charge >= 0.3 is 5.97 Å². The molecule has 132 valence electrons. The number of carbonyl (C=O) groups is 1. The normalized spacial score (nSPS) is 19.1. The predicted octanol–water partition coefficient (Wildman–Crippen LogP) is 1.83. The summed E-state index contributed by atoms with van der Waals surface area (Å²) in [7, 11) is 1.39. The van der Waals surface area contributed by atoms with Gasteiger partial charge in [-0.3, -0.25) is 10.1 Å². The number of nitrogens with two attached hydrogens (primary N) is 1. The number of para-hydroxylation sites is 1. The van der Waals surface area contributed by atoms with Crippen LogP contribution in [0.4, 0.5) is 5.69 Å². The van der Waals surface area contributed by atoms with Crippen molar-refractivity contribution >= 4 is 22.6 Å². The van der Waals surface area contributed by atoms with E-state index in [1.165, 1.54) is 19.2 Å². The van der Waals surface area contributed by atoms with Gasteiger partial charge in [-0.05, 0) is 23.8 Å². The Kier molecular flexibility index (Phi) is 3.93. The topological polar surface area (TPSA) is 102 Å². The van der Waals surface area contributed by atoms with Crippen molar-refractivity contribution < 1.29 is 19.8 Å². The Hall–Kier alpha value is -3.19. The van der Waals surface area contributed by atoms with Crippen molar-refractivity contribution in [3.63, 3.8) is 0 Å². The number of aromatic nitrogens is 1. The lowest BCUT2D eigenvalue weighted by molar-refractivity contribution is -0.712. The number of aromatic amines is 1. The van der Waals surface area contributed by atoms with Gasteiger partial charge in [0.1, 0.15) is 0 Å². The molecule has 26 heavy (non-hydrogen) atoms. The second kappa shape index (κ2) is 6.27. The molecule has 0 spiro atoms. The molecule has 0 unspecified atom stereocenters. The number of ether oxygens (including phenoxy) is 1. The van der Waals surface area contributed by atoms with Crippen LogP contribution in [0.5, 0.6) is 0 Å². The quantitative estimate of drug-likeness (QED) is 0.426. The first-order valence-corrected chi connectivity index (χ1v) is 8.35. The van der Waals surface area contributed by atoms with Crippen molar-refractivity contribution in [2.45, 2.75) is 18.5 Å². The lowest BCUT2D eigenvalue weighted by Crippen LogP contribution is -2.94. The molecule has 4 rings (SSSR count). The first-order valence-electron chi connectivity index (χ1n) is 8.35. The van der Waals surface area contributed by atoms with Crippen molar-refractivity contribution in [3.8, 4) is 0 Å². The number of nitrogens with one attached hydrogen (secondary N) is 1. The Bertz CT molecular complexity index is 994. The van der Waals surface area contributed by atoms with Gasteiger partial charge in [-0.2, -0.15) is 0 Å². The number of non-ortho nitro benzene ring substituents is 1. The van der Waals surface area contributed by atoms with Gasteiger partial charge in [0.05, 0.1) is 17.7 Å². The number of esters is 1. The number of methoxy groups -OCH3 is 1. The lowest BCUT2D eigenvalue weighted by Gasteiger charge is -2.26. The minimum Gasteiger partial charge on any atom is -0.465 e. The number of hydrogen-bond donors (Lipinski definition) is 2. The highest BCUT2D eigenvalue weighted by Gasteiger charge is 2.38. The largest absolute Gasteiger partial charge is 0.465 e. The Balaban J connectivity index is 1.83. The van der Waals surface area contributed by atoms with E-state index in [0.717, 1.165) is 27.7 Å². The molecular weight excluding hydrogens is 334 g/mol. The summed E-state index contributed by atoms with van der Waals surface area (Å²) < 4.78 is 4.96. The van der Waals surface area contributed by atoms with Crippen LogP contribution >= 0.6 is 0 Å². The number of carbonyl (C=O) groups excluding carboxylic acids is 1. The van der Waals surface area contributed by atoms with Gasteiger partial charge in [0.15, 0.2) is 12.1 Å². The second-order valence-corrected chi connectivity index (χ2v) is 6.42. The van der Waals surface area contributed by atoms with Crippen LogP contribution in [0.2, 0.25) is 0 Å². The van der Waals surface area contributed by atoms with Crippen LogP contribution in [0.15, 0.2) is 48.5 Å². The second-order valence-electron chi connectivity index (χ2n) is 6.42. The molecule has 0 fully saturated rings. The van der Waals surface area contributed by atoms with Crippen molar-refractivity contribution in [2.24, 2.45) is 0 Å². The molecule has 0 aliphatic carbocycles. The summed E-state index contributed by atoms with van der Waals surface area (Å²) >= 11 is 0. The van der Waals surface area contributed by atoms with Gasteiger partial charge < -0.3 is 15.0 Å². The van der Waals surface area contributed by atoms with E-state index in [4.69, 9.17) is 4.74 Å². The molecule has 3 N–H and O–H groups in total. The molecule has 2 aromatic carbocycles. The summed E-state index contributed by atoms with van der Waals surface area (Å²) in [5.74, 6) is -0.271. The maximum atomic E-state index is 12.2. The molecule has 0 saturated carbocycles. The first kappa shape index (κ1) is 16.3. The Morgan fingerprint density at radius 1 is 1.23 bits per heavy atom. The lowest BCUT2D eigenvalue weighted by atomic mass is 9.90. The third kappa shape index (κ3) is 2.62. The van der Waals surface area contributed by atoms with E-state index in [2.05, 4.69) is 4.98 Å². The molecule has 0 saturated heterocycles. The van der Waals surface area contributed by atoms with Gasteiger partial charge in [0, 0.05) is 35.0 Å². The number of fused-ring (bicyclic) bond motifs is 3. The zero-order valence-corrected chi connectivity index (χ0v) is 14.1. The SMILES string of the molecule is COC(=O)[C@@H]1Cc2c([nH]c3ccccc23)[C@H](c2ccc([N+](=O)[O-])cc2)[NH2+]1. The van der Waals surface area contributed by atoms with E-state index in [0.29, 0.717) is 6.42 Å². The van der Waals surface area contributed by atoms with Crippen LogP contribution in [0.3, 0.4) is 0 Å². The number of nitro groups is 1. The zero-order chi connectivity index (χ0) is 18.3. The summed E-state index contributed by atoms with van der Waals surface area (Å²) in [5.41, 5.74) is 4.09. The molecule has 0 radical (unpaired) electrons.